The Balaban J connectivity index is 1.47. The molecule has 34 heavy (non-hydrogen) atoms. The van der Waals surface area contributed by atoms with E-state index in [1.165, 1.54) is 5.57 Å². The average Bonchev–Trinajstić information content (AvgIpc) is 3.33. The Morgan fingerprint density at radius 1 is 1.00 bits per heavy atom. The number of likely N-dealkylation sites (N-methyl/N-ethyl adjacent to an activating group) is 1. The van der Waals surface area contributed by atoms with Crippen molar-refractivity contribution in [1.82, 2.24) is 29.8 Å². The van der Waals surface area contributed by atoms with Crippen LogP contribution in [0.15, 0.2) is 54.8 Å². The van der Waals surface area contributed by atoms with Gasteiger partial charge in [-0.3, -0.25) is 9.97 Å². The van der Waals surface area contributed by atoms with Gasteiger partial charge in [-0.2, -0.15) is 0 Å². The average molecular weight is 453 g/mol. The fourth-order valence-corrected chi connectivity index (χ4v) is 4.87. The van der Waals surface area contributed by atoms with Gasteiger partial charge in [-0.1, -0.05) is 13.0 Å². The summed E-state index contributed by atoms with van der Waals surface area (Å²) in [5.74, 6) is 1.76. The Morgan fingerprint density at radius 3 is 2.68 bits per heavy atom. The SMILES string of the molecule is CCC1=C(c2nc3c(N4CCN(C)CC4)cncc3[nH]2)c2cc(-c3cccnc3)cnc2NC1. The van der Waals surface area contributed by atoms with Crippen molar-refractivity contribution in [1.29, 1.82) is 0 Å². The monoisotopic (exact) mass is 452 g/mol. The highest BCUT2D eigenvalue weighted by atomic mass is 15.3. The zero-order chi connectivity index (χ0) is 23.1. The fraction of sp³-hybridized carbons (Fsp3) is 0.308. The van der Waals surface area contributed by atoms with Gasteiger partial charge in [-0.05, 0) is 31.2 Å². The van der Waals surface area contributed by atoms with Crippen LogP contribution in [0.2, 0.25) is 0 Å². The molecule has 0 amide bonds. The Kier molecular flexibility index (Phi) is 5.22. The maximum Gasteiger partial charge on any atom is 0.139 e. The van der Waals surface area contributed by atoms with Crippen molar-refractivity contribution in [3.8, 4) is 11.1 Å². The summed E-state index contributed by atoms with van der Waals surface area (Å²) in [6.45, 7) is 7.00. The van der Waals surface area contributed by atoms with E-state index in [-0.39, 0.29) is 0 Å². The topological polar surface area (TPSA) is 85.9 Å². The summed E-state index contributed by atoms with van der Waals surface area (Å²) in [6, 6.07) is 6.21. The number of aromatic nitrogens is 5. The molecule has 8 heteroatoms. The number of anilines is 2. The van der Waals surface area contributed by atoms with E-state index in [2.05, 4.69) is 56.2 Å². The van der Waals surface area contributed by atoms with Gasteiger partial charge in [0.1, 0.15) is 17.2 Å². The van der Waals surface area contributed by atoms with Crippen LogP contribution in [0.5, 0.6) is 0 Å². The van der Waals surface area contributed by atoms with Crippen LogP contribution >= 0.6 is 0 Å². The number of hydrogen-bond donors (Lipinski definition) is 2. The first-order chi connectivity index (χ1) is 16.7. The lowest BCUT2D eigenvalue weighted by molar-refractivity contribution is 0.313. The molecule has 2 aliphatic rings. The lowest BCUT2D eigenvalue weighted by atomic mass is 9.93. The molecule has 0 radical (unpaired) electrons. The number of rotatable bonds is 4. The van der Waals surface area contributed by atoms with E-state index in [9.17, 15) is 0 Å². The Bertz CT molecular complexity index is 1370. The minimum atomic E-state index is 0.763. The molecule has 2 aliphatic heterocycles. The number of pyridine rings is 3. The van der Waals surface area contributed by atoms with Crippen LogP contribution in [0.25, 0.3) is 27.7 Å². The van der Waals surface area contributed by atoms with Crippen LogP contribution in [0.1, 0.15) is 24.7 Å². The number of fused-ring (bicyclic) bond motifs is 2. The Hall–Kier alpha value is -3.78. The van der Waals surface area contributed by atoms with E-state index in [0.717, 1.165) is 89.8 Å². The number of H-pyrrole nitrogens is 1. The number of hydrogen-bond acceptors (Lipinski definition) is 7. The summed E-state index contributed by atoms with van der Waals surface area (Å²) in [5.41, 5.74) is 8.65. The quantitative estimate of drug-likeness (QED) is 0.487. The van der Waals surface area contributed by atoms with Crippen LogP contribution < -0.4 is 10.2 Å². The second-order valence-corrected chi connectivity index (χ2v) is 8.98. The van der Waals surface area contributed by atoms with Gasteiger partial charge in [0.25, 0.3) is 0 Å². The van der Waals surface area contributed by atoms with Crippen molar-refractivity contribution in [2.75, 3.05) is 50.0 Å². The molecule has 172 valence electrons. The van der Waals surface area contributed by atoms with Crippen LogP contribution in [-0.2, 0) is 0 Å². The lowest BCUT2D eigenvalue weighted by Gasteiger charge is -2.33. The standard InChI is InChI=1S/C26H28N8/c1-3-17-13-29-25-20(11-19(14-30-25)18-5-4-6-27-12-18)23(17)26-31-21-15-28-16-22(24(21)32-26)34-9-7-33(2)8-10-34/h4-6,11-12,14-16H,3,7-10,13H2,1-2H3,(H,29,30)(H,31,32). The number of imidazole rings is 1. The maximum atomic E-state index is 5.15. The zero-order valence-electron chi connectivity index (χ0n) is 19.5. The summed E-state index contributed by atoms with van der Waals surface area (Å²) in [4.78, 5) is 27.1. The molecule has 6 heterocycles. The normalized spacial score (nSPS) is 16.6. The van der Waals surface area contributed by atoms with Gasteiger partial charge >= 0.3 is 0 Å². The molecule has 1 fully saturated rings. The maximum absolute atomic E-state index is 5.15. The number of piperazine rings is 1. The van der Waals surface area contributed by atoms with Gasteiger partial charge in [0.2, 0.25) is 0 Å². The Labute approximate surface area is 198 Å². The predicted molar refractivity (Wildman–Crippen MR) is 136 cm³/mol. The van der Waals surface area contributed by atoms with E-state index < -0.39 is 0 Å². The smallest absolute Gasteiger partial charge is 0.139 e. The van der Waals surface area contributed by atoms with Gasteiger partial charge in [0, 0.05) is 73.6 Å². The summed E-state index contributed by atoms with van der Waals surface area (Å²) in [5, 5.41) is 3.49. The van der Waals surface area contributed by atoms with E-state index >= 15 is 0 Å². The molecule has 0 aliphatic carbocycles. The van der Waals surface area contributed by atoms with E-state index in [1.807, 2.05) is 30.9 Å². The van der Waals surface area contributed by atoms with E-state index in [0.29, 0.717) is 0 Å². The van der Waals surface area contributed by atoms with Gasteiger partial charge in [-0.25, -0.2) is 9.97 Å². The molecule has 2 N–H and O–H groups in total. The van der Waals surface area contributed by atoms with Gasteiger partial charge < -0.3 is 20.1 Å². The molecule has 0 aromatic carbocycles. The van der Waals surface area contributed by atoms with Crippen molar-refractivity contribution in [3.05, 3.63) is 66.1 Å². The number of nitrogens with zero attached hydrogens (tertiary/aromatic N) is 6. The molecule has 0 saturated carbocycles. The van der Waals surface area contributed by atoms with Crippen molar-refractivity contribution < 1.29 is 0 Å². The summed E-state index contributed by atoms with van der Waals surface area (Å²) in [6.07, 6.45) is 10.3. The predicted octanol–water partition coefficient (Wildman–Crippen LogP) is 3.80. The largest absolute Gasteiger partial charge is 0.366 e. The molecule has 4 aromatic rings. The molecule has 0 atom stereocenters. The molecule has 0 spiro atoms. The fourth-order valence-electron chi connectivity index (χ4n) is 4.87. The number of nitrogens with one attached hydrogen (secondary N) is 2. The summed E-state index contributed by atoms with van der Waals surface area (Å²) in [7, 11) is 2.17. The van der Waals surface area contributed by atoms with Gasteiger partial charge in [0.15, 0.2) is 0 Å². The molecule has 1 saturated heterocycles. The van der Waals surface area contributed by atoms with E-state index in [4.69, 9.17) is 9.97 Å². The molecular weight excluding hydrogens is 424 g/mol. The first-order valence-electron chi connectivity index (χ1n) is 11.9. The first kappa shape index (κ1) is 20.8. The minimum Gasteiger partial charge on any atom is -0.366 e. The molecule has 0 bridgehead atoms. The molecular formula is C26H28N8. The number of aromatic amines is 1. The summed E-state index contributed by atoms with van der Waals surface area (Å²) >= 11 is 0. The van der Waals surface area contributed by atoms with Gasteiger partial charge in [0.05, 0.1) is 23.6 Å². The highest BCUT2D eigenvalue weighted by molar-refractivity contribution is 5.94. The third kappa shape index (κ3) is 3.60. The van der Waals surface area contributed by atoms with Crippen molar-refractivity contribution in [2.45, 2.75) is 13.3 Å². The third-order valence-corrected chi connectivity index (χ3v) is 6.86. The van der Waals surface area contributed by atoms with Crippen LogP contribution in [0, 0.1) is 0 Å². The first-order valence-corrected chi connectivity index (χ1v) is 11.9. The van der Waals surface area contributed by atoms with Crippen LogP contribution in [-0.4, -0.2) is 69.6 Å². The zero-order valence-corrected chi connectivity index (χ0v) is 19.5. The van der Waals surface area contributed by atoms with E-state index in [1.54, 1.807) is 6.20 Å². The third-order valence-electron chi connectivity index (χ3n) is 6.86. The second kappa shape index (κ2) is 8.53. The minimum absolute atomic E-state index is 0.763. The molecule has 8 nitrogen and oxygen atoms in total. The van der Waals surface area contributed by atoms with Crippen molar-refractivity contribution in [2.24, 2.45) is 0 Å². The molecule has 0 unspecified atom stereocenters. The van der Waals surface area contributed by atoms with Crippen LogP contribution in [0.4, 0.5) is 11.5 Å². The summed E-state index contributed by atoms with van der Waals surface area (Å²) < 4.78 is 0. The highest BCUT2D eigenvalue weighted by Gasteiger charge is 2.25. The second-order valence-electron chi connectivity index (χ2n) is 8.98. The Morgan fingerprint density at radius 2 is 1.88 bits per heavy atom. The van der Waals surface area contributed by atoms with Crippen LogP contribution in [0.3, 0.4) is 0 Å². The molecule has 6 rings (SSSR count). The highest BCUT2D eigenvalue weighted by Crippen LogP contribution is 2.38. The lowest BCUT2D eigenvalue weighted by Crippen LogP contribution is -2.44. The van der Waals surface area contributed by atoms with Crippen molar-refractivity contribution >= 4 is 28.1 Å². The van der Waals surface area contributed by atoms with Crippen molar-refractivity contribution in [3.63, 3.8) is 0 Å². The molecule has 4 aromatic heterocycles. The van der Waals surface area contributed by atoms with Gasteiger partial charge in [-0.15, -0.1) is 0 Å².